The van der Waals surface area contributed by atoms with Crippen molar-refractivity contribution >= 4 is 16.9 Å². The van der Waals surface area contributed by atoms with E-state index in [1.807, 2.05) is 36.4 Å². The van der Waals surface area contributed by atoms with Gasteiger partial charge in [-0.15, -0.1) is 0 Å². The first-order valence-corrected chi connectivity index (χ1v) is 10.1. The molecule has 1 aromatic heterocycles. The Labute approximate surface area is 171 Å². The van der Waals surface area contributed by atoms with E-state index in [2.05, 4.69) is 22.0 Å². The van der Waals surface area contributed by atoms with E-state index in [1.165, 1.54) is 0 Å². The number of methoxy groups -OCH3 is 1. The minimum absolute atomic E-state index is 0.00960. The lowest BCUT2D eigenvalue weighted by atomic mass is 10.2. The first-order valence-electron chi connectivity index (χ1n) is 10.1. The zero-order valence-corrected chi connectivity index (χ0v) is 17.2. The predicted molar refractivity (Wildman–Crippen MR) is 114 cm³/mol. The van der Waals surface area contributed by atoms with Gasteiger partial charge in [-0.05, 0) is 55.7 Å². The summed E-state index contributed by atoms with van der Waals surface area (Å²) in [7, 11) is 1.66. The Hall–Kier alpha value is -3.02. The first kappa shape index (κ1) is 20.7. The lowest BCUT2D eigenvalue weighted by Crippen LogP contribution is -2.21. The van der Waals surface area contributed by atoms with Crippen molar-refractivity contribution in [1.29, 1.82) is 0 Å². The van der Waals surface area contributed by atoms with Gasteiger partial charge in [-0.2, -0.15) is 0 Å². The number of hydrogen-bond donors (Lipinski definition) is 1. The largest absolute Gasteiger partial charge is 0.497 e. The molecule has 0 bridgehead atoms. The lowest BCUT2D eigenvalue weighted by molar-refractivity contribution is -0.118. The highest BCUT2D eigenvalue weighted by Gasteiger charge is 2.10. The van der Waals surface area contributed by atoms with Crippen LogP contribution in [0.25, 0.3) is 11.0 Å². The highest BCUT2D eigenvalue weighted by atomic mass is 16.5. The molecule has 0 spiro atoms. The van der Waals surface area contributed by atoms with E-state index in [-0.39, 0.29) is 5.91 Å². The Balaban J connectivity index is 1.52. The SMILES string of the molecule is COc1ccc(OCCCCn2c(CCCNC(C)=O)nc3ccccc32)cc1. The Bertz CT molecular complexity index is 919. The van der Waals surface area contributed by atoms with Crippen molar-refractivity contribution < 1.29 is 14.3 Å². The second-order valence-electron chi connectivity index (χ2n) is 6.99. The molecule has 0 aliphatic carbocycles. The topological polar surface area (TPSA) is 65.4 Å². The van der Waals surface area contributed by atoms with Crippen LogP contribution in [-0.4, -0.2) is 35.7 Å². The minimum atomic E-state index is 0.00960. The van der Waals surface area contributed by atoms with Crippen molar-refractivity contribution in [3.8, 4) is 11.5 Å². The summed E-state index contributed by atoms with van der Waals surface area (Å²) in [6.45, 7) is 3.80. The van der Waals surface area contributed by atoms with E-state index >= 15 is 0 Å². The summed E-state index contributed by atoms with van der Waals surface area (Å²) in [5.41, 5.74) is 2.19. The zero-order valence-electron chi connectivity index (χ0n) is 17.2. The molecule has 154 valence electrons. The first-order chi connectivity index (χ1) is 14.2. The number of fused-ring (bicyclic) bond motifs is 1. The molecule has 6 nitrogen and oxygen atoms in total. The van der Waals surface area contributed by atoms with Crippen molar-refractivity contribution in [2.45, 2.75) is 39.2 Å². The zero-order chi connectivity index (χ0) is 20.5. The molecule has 6 heteroatoms. The third-order valence-corrected chi connectivity index (χ3v) is 4.79. The second kappa shape index (κ2) is 10.5. The number of ether oxygens (including phenoxy) is 2. The molecule has 1 heterocycles. The molecule has 1 amide bonds. The van der Waals surface area contributed by atoms with Crippen molar-refractivity contribution in [2.75, 3.05) is 20.3 Å². The molecule has 3 rings (SSSR count). The van der Waals surface area contributed by atoms with Crippen molar-refractivity contribution in [1.82, 2.24) is 14.9 Å². The van der Waals surface area contributed by atoms with Gasteiger partial charge >= 0.3 is 0 Å². The van der Waals surface area contributed by atoms with Crippen LogP contribution in [0.5, 0.6) is 11.5 Å². The fraction of sp³-hybridized carbons (Fsp3) is 0.391. The molecule has 29 heavy (non-hydrogen) atoms. The molecule has 0 saturated carbocycles. The van der Waals surface area contributed by atoms with Crippen molar-refractivity contribution in [3.63, 3.8) is 0 Å². The number of aryl methyl sites for hydroxylation is 2. The van der Waals surface area contributed by atoms with Crippen LogP contribution in [0.2, 0.25) is 0 Å². The van der Waals surface area contributed by atoms with Crippen LogP contribution in [0.3, 0.4) is 0 Å². The van der Waals surface area contributed by atoms with E-state index in [0.29, 0.717) is 13.2 Å². The van der Waals surface area contributed by atoms with E-state index in [1.54, 1.807) is 14.0 Å². The molecule has 0 atom stereocenters. The van der Waals surface area contributed by atoms with Crippen LogP contribution in [0.4, 0.5) is 0 Å². The lowest BCUT2D eigenvalue weighted by Gasteiger charge is -2.10. The summed E-state index contributed by atoms with van der Waals surface area (Å²) in [6, 6.07) is 15.9. The minimum Gasteiger partial charge on any atom is -0.497 e. The number of amides is 1. The number of para-hydroxylation sites is 2. The number of imidazole rings is 1. The van der Waals surface area contributed by atoms with E-state index in [4.69, 9.17) is 14.5 Å². The quantitative estimate of drug-likeness (QED) is 0.499. The highest BCUT2D eigenvalue weighted by molar-refractivity contribution is 5.76. The summed E-state index contributed by atoms with van der Waals surface area (Å²) in [5.74, 6) is 2.77. The average molecular weight is 396 g/mol. The van der Waals surface area contributed by atoms with Gasteiger partial charge < -0.3 is 19.4 Å². The molecular formula is C23H29N3O3. The molecule has 0 unspecified atom stereocenters. The molecule has 0 saturated heterocycles. The van der Waals surface area contributed by atoms with Crippen LogP contribution >= 0.6 is 0 Å². The number of carbonyl (C=O) groups excluding carboxylic acids is 1. The number of aromatic nitrogens is 2. The number of benzene rings is 2. The maximum absolute atomic E-state index is 11.1. The smallest absolute Gasteiger partial charge is 0.216 e. The van der Waals surface area contributed by atoms with Crippen LogP contribution in [0.15, 0.2) is 48.5 Å². The van der Waals surface area contributed by atoms with Gasteiger partial charge in [0.1, 0.15) is 17.3 Å². The fourth-order valence-corrected chi connectivity index (χ4v) is 3.31. The number of nitrogens with zero attached hydrogens (tertiary/aromatic N) is 2. The fourth-order valence-electron chi connectivity index (χ4n) is 3.31. The Morgan fingerprint density at radius 3 is 2.55 bits per heavy atom. The Morgan fingerprint density at radius 1 is 1.03 bits per heavy atom. The van der Waals surface area contributed by atoms with Crippen LogP contribution in [0.1, 0.15) is 32.0 Å². The van der Waals surface area contributed by atoms with Crippen LogP contribution in [0, 0.1) is 0 Å². The molecule has 0 aliphatic rings. The number of carbonyl (C=O) groups is 1. The number of nitrogens with one attached hydrogen (secondary N) is 1. The van der Waals surface area contributed by atoms with Gasteiger partial charge in [0.05, 0.1) is 24.8 Å². The van der Waals surface area contributed by atoms with E-state index in [0.717, 1.165) is 60.6 Å². The third-order valence-electron chi connectivity index (χ3n) is 4.79. The second-order valence-corrected chi connectivity index (χ2v) is 6.99. The van der Waals surface area contributed by atoms with Crippen LogP contribution < -0.4 is 14.8 Å². The molecule has 0 fully saturated rings. The van der Waals surface area contributed by atoms with Gasteiger partial charge in [-0.1, -0.05) is 12.1 Å². The summed E-state index contributed by atoms with van der Waals surface area (Å²) in [4.78, 5) is 15.8. The van der Waals surface area contributed by atoms with Crippen molar-refractivity contribution in [2.24, 2.45) is 0 Å². The van der Waals surface area contributed by atoms with E-state index in [9.17, 15) is 4.79 Å². The average Bonchev–Trinajstić information content (AvgIpc) is 3.09. The molecule has 3 aromatic rings. The highest BCUT2D eigenvalue weighted by Crippen LogP contribution is 2.19. The normalized spacial score (nSPS) is 10.8. The van der Waals surface area contributed by atoms with Crippen LogP contribution in [-0.2, 0) is 17.8 Å². The van der Waals surface area contributed by atoms with Gasteiger partial charge in [-0.25, -0.2) is 4.98 Å². The van der Waals surface area contributed by atoms with Gasteiger partial charge in [0.25, 0.3) is 0 Å². The molecule has 1 N–H and O–H groups in total. The standard InChI is InChI=1S/C23H29N3O3/c1-18(27)24-15-7-10-23-25-21-8-3-4-9-22(21)26(23)16-5-6-17-29-20-13-11-19(28-2)12-14-20/h3-4,8-9,11-14H,5-7,10,15-17H2,1-2H3,(H,24,27). The maximum Gasteiger partial charge on any atom is 0.216 e. The van der Waals surface area contributed by atoms with Gasteiger partial charge in [0.15, 0.2) is 0 Å². The summed E-state index contributed by atoms with van der Waals surface area (Å²) < 4.78 is 13.3. The van der Waals surface area contributed by atoms with E-state index < -0.39 is 0 Å². The molecule has 0 aliphatic heterocycles. The third kappa shape index (κ3) is 5.98. The van der Waals surface area contributed by atoms with Gasteiger partial charge in [0, 0.05) is 26.4 Å². The molecule has 2 aromatic carbocycles. The maximum atomic E-state index is 11.1. The van der Waals surface area contributed by atoms with Gasteiger partial charge in [0.2, 0.25) is 5.91 Å². The summed E-state index contributed by atoms with van der Waals surface area (Å²) in [6.07, 6.45) is 3.69. The Morgan fingerprint density at radius 2 is 1.79 bits per heavy atom. The van der Waals surface area contributed by atoms with Gasteiger partial charge in [-0.3, -0.25) is 4.79 Å². The molecular weight excluding hydrogens is 366 g/mol. The summed E-state index contributed by atoms with van der Waals surface area (Å²) >= 11 is 0. The van der Waals surface area contributed by atoms with Crippen molar-refractivity contribution in [3.05, 3.63) is 54.4 Å². The number of hydrogen-bond acceptors (Lipinski definition) is 4. The summed E-state index contributed by atoms with van der Waals surface area (Å²) in [5, 5.41) is 2.85. The monoisotopic (exact) mass is 395 g/mol. The number of rotatable bonds is 11. The number of unbranched alkanes of at least 4 members (excludes halogenated alkanes) is 1. The Kier molecular flexibility index (Phi) is 7.50. The molecule has 0 radical (unpaired) electrons. The predicted octanol–water partition coefficient (Wildman–Crippen LogP) is 3.97.